The average Bonchev–Trinajstić information content (AvgIpc) is 3.03. The summed E-state index contributed by atoms with van der Waals surface area (Å²) in [5, 5.41) is 1.19. The van der Waals surface area contributed by atoms with Gasteiger partial charge in [-0.2, -0.15) is 0 Å². The van der Waals surface area contributed by atoms with Gasteiger partial charge in [-0.1, -0.05) is 66.7 Å². The molecule has 27 heavy (non-hydrogen) atoms. The molecule has 1 amide bonds. The van der Waals surface area contributed by atoms with E-state index in [1.165, 1.54) is 16.5 Å². The Balaban J connectivity index is 1.64. The van der Waals surface area contributed by atoms with Crippen molar-refractivity contribution in [2.75, 3.05) is 4.90 Å². The van der Waals surface area contributed by atoms with Crippen molar-refractivity contribution in [2.24, 2.45) is 0 Å². The Morgan fingerprint density at radius 2 is 1.56 bits per heavy atom. The van der Waals surface area contributed by atoms with Crippen LogP contribution in [0, 0.1) is 0 Å². The second kappa shape index (κ2) is 6.44. The highest BCUT2D eigenvalue weighted by Crippen LogP contribution is 2.30. The lowest BCUT2D eigenvalue weighted by atomic mass is 10.1. The molecule has 4 aromatic rings. The third-order valence-electron chi connectivity index (χ3n) is 5.32. The van der Waals surface area contributed by atoms with Gasteiger partial charge in [0, 0.05) is 23.4 Å². The van der Waals surface area contributed by atoms with E-state index in [0.29, 0.717) is 13.0 Å². The highest BCUT2D eigenvalue weighted by molar-refractivity contribution is 5.96. The Labute approximate surface area is 158 Å². The van der Waals surface area contributed by atoms with Gasteiger partial charge in [-0.15, -0.1) is 0 Å². The second-order valence-corrected chi connectivity index (χ2v) is 7.05. The number of rotatable bonds is 2. The van der Waals surface area contributed by atoms with Crippen molar-refractivity contribution in [1.82, 2.24) is 4.57 Å². The third-order valence-corrected chi connectivity index (χ3v) is 5.32. The van der Waals surface area contributed by atoms with Gasteiger partial charge in [-0.3, -0.25) is 4.79 Å². The van der Waals surface area contributed by atoms with Crippen molar-refractivity contribution in [3.63, 3.8) is 0 Å². The van der Waals surface area contributed by atoms with Crippen LogP contribution in [0.4, 0.5) is 5.69 Å². The first-order valence-electron chi connectivity index (χ1n) is 9.29. The van der Waals surface area contributed by atoms with Crippen LogP contribution in [0.1, 0.15) is 16.8 Å². The molecule has 0 aliphatic carbocycles. The predicted molar refractivity (Wildman–Crippen MR) is 109 cm³/mol. The molecule has 0 N–H and O–H groups in total. The number of hydrogen-bond acceptors (Lipinski definition) is 1. The van der Waals surface area contributed by atoms with Crippen molar-refractivity contribution in [3.05, 3.63) is 102 Å². The molecule has 0 spiro atoms. The van der Waals surface area contributed by atoms with E-state index in [9.17, 15) is 4.79 Å². The van der Waals surface area contributed by atoms with Crippen LogP contribution >= 0.6 is 0 Å². The number of carbonyl (C=O) groups is 1. The molecule has 0 atom stereocenters. The molecule has 5 rings (SSSR count). The van der Waals surface area contributed by atoms with Crippen molar-refractivity contribution in [1.29, 1.82) is 0 Å². The molecule has 0 saturated heterocycles. The Morgan fingerprint density at radius 3 is 2.44 bits per heavy atom. The van der Waals surface area contributed by atoms with Gasteiger partial charge >= 0.3 is 0 Å². The number of aromatic nitrogens is 1. The lowest BCUT2D eigenvalue weighted by Crippen LogP contribution is -2.34. The summed E-state index contributed by atoms with van der Waals surface area (Å²) in [6.07, 6.45) is 0.413. The molecule has 0 bridgehead atoms. The van der Waals surface area contributed by atoms with E-state index in [1.807, 2.05) is 35.2 Å². The lowest BCUT2D eigenvalue weighted by molar-refractivity contribution is -0.118. The fourth-order valence-corrected chi connectivity index (χ4v) is 4.00. The van der Waals surface area contributed by atoms with Crippen LogP contribution in [0.15, 0.2) is 84.9 Å². The Morgan fingerprint density at radius 1 is 0.815 bits per heavy atom. The fraction of sp³-hybridized carbons (Fsp3) is 0.125. The molecule has 3 heteroatoms. The first-order chi connectivity index (χ1) is 13.3. The summed E-state index contributed by atoms with van der Waals surface area (Å²) in [4.78, 5) is 15.2. The van der Waals surface area contributed by atoms with Gasteiger partial charge in [-0.25, -0.2) is 0 Å². The maximum atomic E-state index is 13.3. The summed E-state index contributed by atoms with van der Waals surface area (Å²) in [6.45, 7) is 1.37. The molecule has 0 unspecified atom stereocenters. The molecule has 1 aliphatic rings. The number of amides is 1. The topological polar surface area (TPSA) is 25.2 Å². The second-order valence-electron chi connectivity index (χ2n) is 7.05. The molecule has 3 aromatic carbocycles. The summed E-state index contributed by atoms with van der Waals surface area (Å²) < 4.78 is 2.28. The molecular weight excluding hydrogens is 332 g/mol. The van der Waals surface area contributed by atoms with Crippen LogP contribution in [0.2, 0.25) is 0 Å². The van der Waals surface area contributed by atoms with E-state index in [2.05, 4.69) is 59.2 Å². The van der Waals surface area contributed by atoms with E-state index in [-0.39, 0.29) is 5.91 Å². The number of para-hydroxylation sites is 2. The summed E-state index contributed by atoms with van der Waals surface area (Å²) in [5.74, 6) is 0.134. The first kappa shape index (κ1) is 15.9. The molecule has 3 nitrogen and oxygen atoms in total. The third kappa shape index (κ3) is 2.81. The predicted octanol–water partition coefficient (Wildman–Crippen LogP) is 4.78. The molecule has 0 radical (unpaired) electrons. The molecular formula is C24H20N2O. The van der Waals surface area contributed by atoms with E-state index in [4.69, 9.17) is 0 Å². The normalized spacial score (nSPS) is 13.8. The van der Waals surface area contributed by atoms with Gasteiger partial charge in [0.05, 0.1) is 13.0 Å². The zero-order chi connectivity index (χ0) is 18.2. The largest absolute Gasteiger partial charge is 0.340 e. The number of benzene rings is 3. The summed E-state index contributed by atoms with van der Waals surface area (Å²) in [6, 6.07) is 29.0. The summed E-state index contributed by atoms with van der Waals surface area (Å²) >= 11 is 0. The lowest BCUT2D eigenvalue weighted by Gasteiger charge is -2.28. The van der Waals surface area contributed by atoms with E-state index < -0.39 is 0 Å². The molecule has 132 valence electrons. The highest BCUT2D eigenvalue weighted by Gasteiger charge is 2.24. The van der Waals surface area contributed by atoms with Gasteiger partial charge < -0.3 is 9.47 Å². The highest BCUT2D eigenvalue weighted by atomic mass is 16.2. The van der Waals surface area contributed by atoms with Crippen molar-refractivity contribution in [3.8, 4) is 0 Å². The number of hydrogen-bond donors (Lipinski definition) is 0. The van der Waals surface area contributed by atoms with E-state index in [1.54, 1.807) is 0 Å². The Hall–Kier alpha value is -3.33. The van der Waals surface area contributed by atoms with Gasteiger partial charge in [0.1, 0.15) is 0 Å². The maximum absolute atomic E-state index is 13.3. The zero-order valence-electron chi connectivity index (χ0n) is 15.0. The zero-order valence-corrected chi connectivity index (χ0v) is 15.0. The van der Waals surface area contributed by atoms with Crippen LogP contribution in [0.5, 0.6) is 0 Å². The van der Waals surface area contributed by atoms with Gasteiger partial charge in [-0.05, 0) is 34.7 Å². The minimum absolute atomic E-state index is 0.134. The molecule has 2 heterocycles. The van der Waals surface area contributed by atoms with Gasteiger partial charge in [0.25, 0.3) is 0 Å². The Kier molecular flexibility index (Phi) is 3.79. The molecule has 1 aromatic heterocycles. The number of anilines is 1. The van der Waals surface area contributed by atoms with Crippen LogP contribution in [0.3, 0.4) is 0 Å². The minimum Gasteiger partial charge on any atom is -0.340 e. The number of carbonyl (C=O) groups excluding carboxylic acids is 1. The standard InChI is InChI=1S/C24H20N2O/c27-24-15-21-14-19-10-4-6-12-22(19)25(21)17-20-11-5-7-13-23(20)26(24)16-18-8-2-1-3-9-18/h1-14H,15-17H2. The average molecular weight is 352 g/mol. The van der Waals surface area contributed by atoms with Crippen LogP contribution in [0.25, 0.3) is 10.9 Å². The number of fused-ring (bicyclic) bond motifs is 4. The van der Waals surface area contributed by atoms with Crippen molar-refractivity contribution in [2.45, 2.75) is 19.5 Å². The summed E-state index contributed by atoms with van der Waals surface area (Å²) in [7, 11) is 0. The van der Waals surface area contributed by atoms with Gasteiger partial charge in [0.2, 0.25) is 5.91 Å². The minimum atomic E-state index is 0.134. The van der Waals surface area contributed by atoms with Gasteiger partial charge in [0.15, 0.2) is 0 Å². The molecule has 1 aliphatic heterocycles. The smallest absolute Gasteiger partial charge is 0.233 e. The first-order valence-corrected chi connectivity index (χ1v) is 9.29. The van der Waals surface area contributed by atoms with Crippen molar-refractivity contribution < 1.29 is 4.79 Å². The molecule has 0 fully saturated rings. The maximum Gasteiger partial charge on any atom is 0.233 e. The van der Waals surface area contributed by atoms with Crippen LogP contribution in [-0.2, 0) is 24.3 Å². The molecule has 0 saturated carbocycles. The van der Waals surface area contributed by atoms with Crippen LogP contribution in [-0.4, -0.2) is 10.5 Å². The van der Waals surface area contributed by atoms with E-state index in [0.717, 1.165) is 23.5 Å². The fourth-order valence-electron chi connectivity index (χ4n) is 4.00. The number of nitrogens with zero attached hydrogens (tertiary/aromatic N) is 2. The van der Waals surface area contributed by atoms with Crippen molar-refractivity contribution >= 4 is 22.5 Å². The SMILES string of the molecule is O=C1Cc2cc3ccccc3n2Cc2ccccc2N1Cc1ccccc1. The summed E-state index contributed by atoms with van der Waals surface area (Å²) in [5.41, 5.74) is 5.58. The quantitative estimate of drug-likeness (QED) is 0.510. The Bertz CT molecular complexity index is 1130. The van der Waals surface area contributed by atoms with Crippen LogP contribution < -0.4 is 4.90 Å². The monoisotopic (exact) mass is 352 g/mol. The van der Waals surface area contributed by atoms with E-state index >= 15 is 0 Å².